The molecule has 6 heteroatoms. The van der Waals surface area contributed by atoms with Gasteiger partial charge in [0.15, 0.2) is 5.11 Å². The summed E-state index contributed by atoms with van der Waals surface area (Å²) in [5, 5.41) is 8.08. The van der Waals surface area contributed by atoms with Crippen LogP contribution in [0.15, 0.2) is 29.4 Å². The number of nitrogens with zero attached hydrogens (tertiary/aromatic N) is 1. The lowest BCUT2D eigenvalue weighted by atomic mass is 9.97. The van der Waals surface area contributed by atoms with Gasteiger partial charge in [0.1, 0.15) is 6.10 Å². The maximum absolute atomic E-state index is 12.0. The standard InChI is InChI=1S/C17H21N3O2S/c1-11(19-20-17(23)18-13-7-3-4-8-13)15-10-12-6-2-5-9-14(12)16(21)22-15/h2,5-6,9,13,15H,3-4,7-8,10H2,1H3,(H2,18,20,23). The highest BCUT2D eigenvalue weighted by atomic mass is 32.1. The predicted octanol–water partition coefficient (Wildman–Crippen LogP) is 2.55. The molecule has 1 atom stereocenters. The van der Waals surface area contributed by atoms with Crippen LogP contribution in [0.1, 0.15) is 48.5 Å². The van der Waals surface area contributed by atoms with E-state index in [0.29, 0.717) is 28.9 Å². The summed E-state index contributed by atoms with van der Waals surface area (Å²) < 4.78 is 5.47. The maximum Gasteiger partial charge on any atom is 0.339 e. The molecule has 23 heavy (non-hydrogen) atoms. The van der Waals surface area contributed by atoms with Crippen LogP contribution in [0, 0.1) is 0 Å². The molecule has 0 amide bonds. The van der Waals surface area contributed by atoms with Crippen LogP contribution >= 0.6 is 12.2 Å². The molecule has 0 saturated heterocycles. The maximum atomic E-state index is 12.0. The second-order valence-corrected chi connectivity index (χ2v) is 6.48. The third-order valence-electron chi connectivity index (χ3n) is 4.38. The minimum atomic E-state index is -0.348. The van der Waals surface area contributed by atoms with Crippen LogP contribution in [0.4, 0.5) is 0 Å². The molecule has 1 aliphatic carbocycles. The number of cyclic esters (lactones) is 1. The summed E-state index contributed by atoms with van der Waals surface area (Å²) in [5.41, 5.74) is 5.21. The van der Waals surface area contributed by atoms with Crippen LogP contribution in [-0.2, 0) is 11.2 Å². The third-order valence-corrected chi connectivity index (χ3v) is 4.59. The molecular weight excluding hydrogens is 310 g/mol. The van der Waals surface area contributed by atoms with Gasteiger partial charge in [-0.25, -0.2) is 4.79 Å². The number of thiocarbonyl (C=S) groups is 1. The Morgan fingerprint density at radius 3 is 2.83 bits per heavy atom. The fourth-order valence-electron chi connectivity index (χ4n) is 3.06. The van der Waals surface area contributed by atoms with Crippen LogP contribution in [-0.4, -0.2) is 28.9 Å². The molecule has 1 aromatic carbocycles. The largest absolute Gasteiger partial charge is 0.452 e. The number of carbonyl (C=O) groups is 1. The zero-order valence-electron chi connectivity index (χ0n) is 13.2. The van der Waals surface area contributed by atoms with Gasteiger partial charge in [0.25, 0.3) is 0 Å². The molecule has 1 aliphatic heterocycles. The summed E-state index contributed by atoms with van der Waals surface area (Å²) in [6, 6.07) is 7.97. The van der Waals surface area contributed by atoms with E-state index in [1.807, 2.05) is 25.1 Å². The van der Waals surface area contributed by atoms with Gasteiger partial charge in [-0.15, -0.1) is 0 Å². The van der Waals surface area contributed by atoms with Crippen molar-refractivity contribution in [3.63, 3.8) is 0 Å². The van der Waals surface area contributed by atoms with E-state index in [4.69, 9.17) is 17.0 Å². The minimum Gasteiger partial charge on any atom is -0.452 e. The first-order valence-electron chi connectivity index (χ1n) is 8.03. The molecule has 0 spiro atoms. The van der Waals surface area contributed by atoms with E-state index in [2.05, 4.69) is 15.8 Å². The fraction of sp³-hybridized carbons (Fsp3) is 0.471. The quantitative estimate of drug-likeness (QED) is 0.386. The van der Waals surface area contributed by atoms with Crippen molar-refractivity contribution < 1.29 is 9.53 Å². The summed E-state index contributed by atoms with van der Waals surface area (Å²) in [6.07, 6.45) is 5.10. The lowest BCUT2D eigenvalue weighted by Crippen LogP contribution is -2.40. The molecule has 122 valence electrons. The molecule has 1 heterocycles. The lowest BCUT2D eigenvalue weighted by molar-refractivity contribution is 0.0389. The van der Waals surface area contributed by atoms with Gasteiger partial charge >= 0.3 is 5.97 Å². The minimum absolute atomic E-state index is 0.293. The summed E-state index contributed by atoms with van der Waals surface area (Å²) >= 11 is 5.26. The Labute approximate surface area is 141 Å². The molecule has 1 aromatic rings. The number of hydrogen-bond donors (Lipinski definition) is 2. The van der Waals surface area contributed by atoms with Gasteiger partial charge in [0, 0.05) is 12.5 Å². The number of rotatable bonds is 3. The summed E-state index contributed by atoms with van der Waals surface area (Å²) in [4.78, 5) is 12.0. The van der Waals surface area contributed by atoms with Crippen LogP contribution < -0.4 is 10.7 Å². The van der Waals surface area contributed by atoms with E-state index in [1.165, 1.54) is 12.8 Å². The topological polar surface area (TPSA) is 62.7 Å². The van der Waals surface area contributed by atoms with Gasteiger partial charge in [-0.2, -0.15) is 5.10 Å². The molecule has 5 nitrogen and oxygen atoms in total. The molecular formula is C17H21N3O2S. The van der Waals surface area contributed by atoms with Crippen molar-refractivity contribution in [3.05, 3.63) is 35.4 Å². The van der Waals surface area contributed by atoms with E-state index >= 15 is 0 Å². The van der Waals surface area contributed by atoms with Crippen molar-refractivity contribution in [2.45, 2.75) is 51.2 Å². The predicted molar refractivity (Wildman–Crippen MR) is 93.6 cm³/mol. The number of carbonyl (C=O) groups excluding carboxylic acids is 1. The van der Waals surface area contributed by atoms with Crippen molar-refractivity contribution in [1.29, 1.82) is 0 Å². The lowest BCUT2D eigenvalue weighted by Gasteiger charge is -2.24. The Morgan fingerprint density at radius 2 is 2.04 bits per heavy atom. The highest BCUT2D eigenvalue weighted by Crippen LogP contribution is 2.21. The normalized spacial score (nSPS) is 21.5. The first kappa shape index (κ1) is 15.9. The van der Waals surface area contributed by atoms with Crippen molar-refractivity contribution >= 4 is 29.0 Å². The molecule has 3 rings (SSSR count). The zero-order chi connectivity index (χ0) is 16.2. The van der Waals surface area contributed by atoms with E-state index in [0.717, 1.165) is 18.4 Å². The van der Waals surface area contributed by atoms with E-state index in [-0.39, 0.29) is 12.1 Å². The Morgan fingerprint density at radius 1 is 1.30 bits per heavy atom. The van der Waals surface area contributed by atoms with Gasteiger partial charge < -0.3 is 10.1 Å². The Kier molecular flexibility index (Phi) is 4.91. The highest BCUT2D eigenvalue weighted by Gasteiger charge is 2.27. The Bertz CT molecular complexity index is 638. The molecule has 1 fully saturated rings. The Balaban J connectivity index is 1.58. The number of nitrogens with one attached hydrogen (secondary N) is 2. The van der Waals surface area contributed by atoms with Gasteiger partial charge in [-0.3, -0.25) is 5.43 Å². The number of esters is 1. The van der Waals surface area contributed by atoms with Crippen LogP contribution in [0.3, 0.4) is 0 Å². The first-order chi connectivity index (χ1) is 11.1. The zero-order valence-corrected chi connectivity index (χ0v) is 14.0. The van der Waals surface area contributed by atoms with Crippen molar-refractivity contribution in [2.75, 3.05) is 0 Å². The average Bonchev–Trinajstić information content (AvgIpc) is 3.05. The van der Waals surface area contributed by atoms with Crippen molar-refractivity contribution in [1.82, 2.24) is 10.7 Å². The summed E-state index contributed by atoms with van der Waals surface area (Å²) in [5.74, 6) is -0.293. The van der Waals surface area contributed by atoms with Crippen molar-refractivity contribution in [3.8, 4) is 0 Å². The van der Waals surface area contributed by atoms with Gasteiger partial charge in [0.2, 0.25) is 0 Å². The van der Waals surface area contributed by atoms with Gasteiger partial charge in [-0.05, 0) is 43.6 Å². The summed E-state index contributed by atoms with van der Waals surface area (Å²) in [6.45, 7) is 1.84. The first-order valence-corrected chi connectivity index (χ1v) is 8.44. The van der Waals surface area contributed by atoms with Gasteiger partial charge in [0.05, 0.1) is 11.3 Å². The third kappa shape index (κ3) is 3.88. The number of hydrazone groups is 1. The monoisotopic (exact) mass is 331 g/mol. The van der Waals surface area contributed by atoms with Crippen LogP contribution in [0.2, 0.25) is 0 Å². The second-order valence-electron chi connectivity index (χ2n) is 6.08. The number of ether oxygens (including phenoxy) is 1. The molecule has 1 saturated carbocycles. The van der Waals surface area contributed by atoms with E-state index in [9.17, 15) is 4.79 Å². The second kappa shape index (κ2) is 7.08. The van der Waals surface area contributed by atoms with Gasteiger partial charge in [-0.1, -0.05) is 31.0 Å². The molecule has 2 aliphatic rings. The van der Waals surface area contributed by atoms with Crippen LogP contribution in [0.25, 0.3) is 0 Å². The number of benzene rings is 1. The summed E-state index contributed by atoms with van der Waals surface area (Å²) in [7, 11) is 0. The molecule has 2 N–H and O–H groups in total. The number of fused-ring (bicyclic) bond motifs is 1. The average molecular weight is 331 g/mol. The Hall–Kier alpha value is -1.95. The highest BCUT2D eigenvalue weighted by molar-refractivity contribution is 7.80. The molecule has 1 unspecified atom stereocenters. The number of hydrogen-bond acceptors (Lipinski definition) is 4. The van der Waals surface area contributed by atoms with Crippen LogP contribution in [0.5, 0.6) is 0 Å². The fourth-order valence-corrected chi connectivity index (χ4v) is 3.28. The SMILES string of the molecule is CC(=NNC(=S)NC1CCCC1)C1Cc2ccccc2C(=O)O1. The van der Waals surface area contributed by atoms with Crippen molar-refractivity contribution in [2.24, 2.45) is 5.10 Å². The molecule has 0 aromatic heterocycles. The van der Waals surface area contributed by atoms with E-state index in [1.54, 1.807) is 6.07 Å². The molecule has 0 radical (unpaired) electrons. The molecule has 0 bridgehead atoms. The van der Waals surface area contributed by atoms with E-state index < -0.39 is 0 Å². The smallest absolute Gasteiger partial charge is 0.339 e.